The normalized spacial score (nSPS) is 11.1. The highest BCUT2D eigenvalue weighted by atomic mass is 16.5. The molecule has 0 saturated carbocycles. The first-order valence-corrected chi connectivity index (χ1v) is 12.1. The molecule has 0 aliphatic rings. The van der Waals surface area contributed by atoms with E-state index in [1.165, 1.54) is 0 Å². The van der Waals surface area contributed by atoms with Gasteiger partial charge in [0.25, 0.3) is 0 Å². The second-order valence-corrected chi connectivity index (χ2v) is 8.49. The van der Waals surface area contributed by atoms with E-state index < -0.39 is 6.04 Å². The molecule has 38 heavy (non-hydrogen) atoms. The van der Waals surface area contributed by atoms with Crippen molar-refractivity contribution in [2.45, 2.75) is 19.2 Å². The lowest BCUT2D eigenvalue weighted by atomic mass is 10.0. The summed E-state index contributed by atoms with van der Waals surface area (Å²) in [5.74, 6) is 1.18. The summed E-state index contributed by atoms with van der Waals surface area (Å²) in [6.45, 7) is 0.664. The van der Waals surface area contributed by atoms with Gasteiger partial charge in [-0.1, -0.05) is 60.7 Å². The molecule has 4 aromatic rings. The Bertz CT molecular complexity index is 1380. The molecular formula is C31H29N3O4. The van der Waals surface area contributed by atoms with Crippen LogP contribution in [0.2, 0.25) is 0 Å². The van der Waals surface area contributed by atoms with Gasteiger partial charge in [0.2, 0.25) is 5.91 Å². The van der Waals surface area contributed by atoms with E-state index >= 15 is 0 Å². The number of benzene rings is 4. The third-order valence-electron chi connectivity index (χ3n) is 5.96. The van der Waals surface area contributed by atoms with Crippen molar-refractivity contribution in [2.75, 3.05) is 19.5 Å². The van der Waals surface area contributed by atoms with Crippen molar-refractivity contribution < 1.29 is 19.0 Å². The van der Waals surface area contributed by atoms with Gasteiger partial charge in [0.15, 0.2) is 11.5 Å². The number of nitriles is 1. The minimum Gasteiger partial charge on any atom is -0.493 e. The Morgan fingerprint density at radius 1 is 0.816 bits per heavy atom. The second-order valence-electron chi connectivity index (χ2n) is 8.49. The zero-order valence-corrected chi connectivity index (χ0v) is 21.3. The van der Waals surface area contributed by atoms with E-state index in [0.717, 1.165) is 11.1 Å². The SMILES string of the molecule is COc1cc(OCc2ccccc2)c(C(Nc2ccc(C#N)cc2)C(=O)NCc2ccccc2)cc1OC. The summed E-state index contributed by atoms with van der Waals surface area (Å²) in [5.41, 5.74) is 3.74. The number of hydrogen-bond acceptors (Lipinski definition) is 6. The van der Waals surface area contributed by atoms with E-state index in [2.05, 4.69) is 16.7 Å². The van der Waals surface area contributed by atoms with Crippen LogP contribution in [0.1, 0.15) is 28.3 Å². The zero-order chi connectivity index (χ0) is 26.7. The van der Waals surface area contributed by atoms with E-state index in [-0.39, 0.29) is 5.91 Å². The molecule has 0 fully saturated rings. The van der Waals surface area contributed by atoms with Gasteiger partial charge in [0.1, 0.15) is 18.4 Å². The first-order valence-electron chi connectivity index (χ1n) is 12.1. The molecular weight excluding hydrogens is 478 g/mol. The minimum absolute atomic E-state index is 0.255. The maximum atomic E-state index is 13.7. The molecule has 1 amide bonds. The van der Waals surface area contributed by atoms with Gasteiger partial charge in [-0.05, 0) is 41.5 Å². The van der Waals surface area contributed by atoms with Crippen LogP contribution in [0, 0.1) is 11.3 Å². The predicted molar refractivity (Wildman–Crippen MR) is 146 cm³/mol. The highest BCUT2D eigenvalue weighted by Crippen LogP contribution is 2.39. The Kier molecular flexibility index (Phi) is 8.82. The second kappa shape index (κ2) is 12.8. The van der Waals surface area contributed by atoms with Crippen LogP contribution in [-0.2, 0) is 17.9 Å². The minimum atomic E-state index is -0.836. The molecule has 4 aromatic carbocycles. The topological polar surface area (TPSA) is 92.6 Å². The summed E-state index contributed by atoms with van der Waals surface area (Å²) < 4.78 is 17.3. The summed E-state index contributed by atoms with van der Waals surface area (Å²) >= 11 is 0. The fourth-order valence-corrected chi connectivity index (χ4v) is 3.94. The van der Waals surface area contributed by atoms with Gasteiger partial charge in [-0.2, -0.15) is 5.26 Å². The first kappa shape index (κ1) is 26.1. The average Bonchev–Trinajstić information content (AvgIpc) is 2.98. The summed E-state index contributed by atoms with van der Waals surface area (Å²) in [6.07, 6.45) is 0. The third-order valence-corrected chi connectivity index (χ3v) is 5.96. The van der Waals surface area contributed by atoms with Crippen LogP contribution in [0.3, 0.4) is 0 Å². The molecule has 0 saturated heterocycles. The van der Waals surface area contributed by atoms with Crippen LogP contribution >= 0.6 is 0 Å². The van der Waals surface area contributed by atoms with Crippen molar-refractivity contribution in [3.8, 4) is 23.3 Å². The molecule has 2 N–H and O–H groups in total. The number of ether oxygens (including phenoxy) is 3. The van der Waals surface area contributed by atoms with Gasteiger partial charge in [-0.3, -0.25) is 4.79 Å². The number of carbonyl (C=O) groups is 1. The van der Waals surface area contributed by atoms with Crippen LogP contribution in [0.25, 0.3) is 0 Å². The van der Waals surface area contributed by atoms with Gasteiger partial charge in [0, 0.05) is 23.9 Å². The molecule has 1 unspecified atom stereocenters. The Balaban J connectivity index is 1.71. The van der Waals surface area contributed by atoms with Crippen LogP contribution in [0.15, 0.2) is 97.1 Å². The van der Waals surface area contributed by atoms with Gasteiger partial charge >= 0.3 is 0 Å². The molecule has 7 nitrogen and oxygen atoms in total. The molecule has 7 heteroatoms. The Labute approximate surface area is 222 Å². The van der Waals surface area contributed by atoms with Crippen LogP contribution in [0.5, 0.6) is 17.2 Å². The number of rotatable bonds is 11. The standard InChI is InChI=1S/C31H29N3O4/c1-36-28-17-26(27(18-29(28)37-2)38-21-24-11-7-4-8-12-24)30(34-25-15-13-22(19-32)14-16-25)31(35)33-20-23-9-5-3-6-10-23/h3-18,30,34H,20-21H2,1-2H3,(H,33,35). The number of nitrogens with one attached hydrogen (secondary N) is 2. The van der Waals surface area contributed by atoms with Gasteiger partial charge < -0.3 is 24.8 Å². The summed E-state index contributed by atoms with van der Waals surface area (Å²) in [5, 5.41) is 15.5. The maximum absolute atomic E-state index is 13.7. The number of anilines is 1. The number of methoxy groups -OCH3 is 2. The van der Waals surface area contributed by atoms with Crippen LogP contribution < -0.4 is 24.8 Å². The maximum Gasteiger partial charge on any atom is 0.247 e. The molecule has 1 atom stereocenters. The van der Waals surface area contributed by atoms with Crippen LogP contribution in [0.4, 0.5) is 5.69 Å². The van der Waals surface area contributed by atoms with E-state index in [1.807, 2.05) is 60.7 Å². The fraction of sp³-hybridized carbons (Fsp3) is 0.161. The summed E-state index contributed by atoms with van der Waals surface area (Å²) in [4.78, 5) is 13.7. The van der Waals surface area contributed by atoms with Gasteiger partial charge in [-0.15, -0.1) is 0 Å². The summed E-state index contributed by atoms with van der Waals surface area (Å²) in [6, 6.07) is 31.2. The van der Waals surface area contributed by atoms with Gasteiger partial charge in [0.05, 0.1) is 25.9 Å². The molecule has 0 aliphatic carbocycles. The lowest BCUT2D eigenvalue weighted by molar-refractivity contribution is -0.122. The molecule has 0 aromatic heterocycles. The first-order chi connectivity index (χ1) is 18.6. The number of hydrogen-bond donors (Lipinski definition) is 2. The highest BCUT2D eigenvalue weighted by molar-refractivity contribution is 5.87. The number of carbonyl (C=O) groups excluding carboxylic acids is 1. The molecule has 0 bridgehead atoms. The van der Waals surface area contributed by atoms with Crippen molar-refractivity contribution in [3.05, 3.63) is 119 Å². The van der Waals surface area contributed by atoms with E-state index in [0.29, 0.717) is 47.2 Å². The highest BCUT2D eigenvalue weighted by Gasteiger charge is 2.27. The zero-order valence-electron chi connectivity index (χ0n) is 21.3. The van der Waals surface area contributed by atoms with Crippen molar-refractivity contribution in [1.29, 1.82) is 5.26 Å². The Morgan fingerprint density at radius 2 is 1.42 bits per heavy atom. The average molecular weight is 508 g/mol. The smallest absolute Gasteiger partial charge is 0.247 e. The lowest BCUT2D eigenvalue weighted by Crippen LogP contribution is -2.33. The van der Waals surface area contributed by atoms with Crippen molar-refractivity contribution >= 4 is 11.6 Å². The molecule has 0 aliphatic heterocycles. The molecule has 0 spiro atoms. The number of amides is 1. The molecule has 4 rings (SSSR count). The van der Waals surface area contributed by atoms with Crippen LogP contribution in [-0.4, -0.2) is 20.1 Å². The molecule has 0 heterocycles. The largest absolute Gasteiger partial charge is 0.493 e. The Hall–Kier alpha value is -4.96. The monoisotopic (exact) mass is 507 g/mol. The van der Waals surface area contributed by atoms with E-state index in [1.54, 1.807) is 50.6 Å². The van der Waals surface area contributed by atoms with Crippen molar-refractivity contribution in [1.82, 2.24) is 5.32 Å². The number of nitrogens with zero attached hydrogens (tertiary/aromatic N) is 1. The van der Waals surface area contributed by atoms with E-state index in [4.69, 9.17) is 14.2 Å². The Morgan fingerprint density at radius 3 is 2.03 bits per heavy atom. The third kappa shape index (κ3) is 6.62. The van der Waals surface area contributed by atoms with Gasteiger partial charge in [-0.25, -0.2) is 0 Å². The molecule has 0 radical (unpaired) electrons. The lowest BCUT2D eigenvalue weighted by Gasteiger charge is -2.24. The quantitative estimate of drug-likeness (QED) is 0.274. The molecule has 192 valence electrons. The summed E-state index contributed by atoms with van der Waals surface area (Å²) in [7, 11) is 3.10. The predicted octanol–water partition coefficient (Wildman–Crippen LogP) is 5.62. The van der Waals surface area contributed by atoms with Crippen molar-refractivity contribution in [2.24, 2.45) is 0 Å². The fourth-order valence-electron chi connectivity index (χ4n) is 3.94. The van der Waals surface area contributed by atoms with Crippen molar-refractivity contribution in [3.63, 3.8) is 0 Å². The van der Waals surface area contributed by atoms with E-state index in [9.17, 15) is 10.1 Å².